The highest BCUT2D eigenvalue weighted by atomic mass is 35.5. The zero-order chi connectivity index (χ0) is 9.84. The molecule has 0 aliphatic carbocycles. The van der Waals surface area contributed by atoms with Gasteiger partial charge >= 0.3 is 0 Å². The number of amides is 1. The molecule has 1 amide bonds. The van der Waals surface area contributed by atoms with Crippen LogP contribution in [0.15, 0.2) is 12.1 Å². The number of rotatable bonds is 3. The number of pyridine rings is 1. The zero-order valence-electron chi connectivity index (χ0n) is 7.38. The van der Waals surface area contributed by atoms with Crippen molar-refractivity contribution in [2.24, 2.45) is 5.73 Å². The Balaban J connectivity index is 2.68. The van der Waals surface area contributed by atoms with Gasteiger partial charge in [0.25, 0.3) is 0 Å². The molecule has 0 saturated carbocycles. The fraction of sp³-hybridized carbons (Fsp3) is 0.333. The Morgan fingerprint density at radius 3 is 2.85 bits per heavy atom. The van der Waals surface area contributed by atoms with Crippen molar-refractivity contribution in [3.05, 3.63) is 28.5 Å². The van der Waals surface area contributed by atoms with Gasteiger partial charge in [0, 0.05) is 12.1 Å². The molecule has 13 heavy (non-hydrogen) atoms. The van der Waals surface area contributed by atoms with Crippen molar-refractivity contribution in [3.63, 3.8) is 0 Å². The number of primary amides is 1. The highest BCUT2D eigenvalue weighted by Gasteiger charge is 2.01. The van der Waals surface area contributed by atoms with E-state index in [9.17, 15) is 4.79 Å². The molecule has 1 aromatic heterocycles. The summed E-state index contributed by atoms with van der Waals surface area (Å²) < 4.78 is 0. The highest BCUT2D eigenvalue weighted by molar-refractivity contribution is 6.30. The molecule has 4 heteroatoms. The summed E-state index contributed by atoms with van der Waals surface area (Å²) in [6.45, 7) is 1.88. The zero-order valence-corrected chi connectivity index (χ0v) is 8.14. The van der Waals surface area contributed by atoms with Crippen molar-refractivity contribution in [1.29, 1.82) is 0 Å². The number of aromatic nitrogens is 1. The van der Waals surface area contributed by atoms with Gasteiger partial charge in [-0.2, -0.15) is 0 Å². The first-order valence-corrected chi connectivity index (χ1v) is 4.37. The van der Waals surface area contributed by atoms with Crippen LogP contribution in [0.25, 0.3) is 0 Å². The quantitative estimate of drug-likeness (QED) is 0.748. The lowest BCUT2D eigenvalue weighted by atomic mass is 10.2. The first-order valence-electron chi connectivity index (χ1n) is 4.00. The van der Waals surface area contributed by atoms with Gasteiger partial charge in [0.05, 0.1) is 0 Å². The van der Waals surface area contributed by atoms with Crippen LogP contribution in [0.5, 0.6) is 0 Å². The Labute approximate surface area is 81.9 Å². The third-order valence-electron chi connectivity index (χ3n) is 1.72. The van der Waals surface area contributed by atoms with Gasteiger partial charge in [0.1, 0.15) is 5.15 Å². The maximum absolute atomic E-state index is 10.5. The molecular weight excluding hydrogens is 188 g/mol. The highest BCUT2D eigenvalue weighted by Crippen LogP contribution is 2.12. The molecule has 0 fully saturated rings. The van der Waals surface area contributed by atoms with Gasteiger partial charge in [-0.15, -0.1) is 0 Å². The van der Waals surface area contributed by atoms with E-state index in [1.807, 2.05) is 19.1 Å². The SMILES string of the molecule is Cc1ccc(CCC(N)=O)nc1Cl. The normalized spacial score (nSPS) is 10.0. The molecule has 70 valence electrons. The van der Waals surface area contributed by atoms with Crippen LogP contribution in [0, 0.1) is 6.92 Å². The van der Waals surface area contributed by atoms with Crippen LogP contribution in [0.4, 0.5) is 0 Å². The van der Waals surface area contributed by atoms with Crippen molar-refractivity contribution < 1.29 is 4.79 Å². The van der Waals surface area contributed by atoms with E-state index in [1.54, 1.807) is 0 Å². The molecule has 0 spiro atoms. The smallest absolute Gasteiger partial charge is 0.217 e. The number of carbonyl (C=O) groups excluding carboxylic acids is 1. The summed E-state index contributed by atoms with van der Waals surface area (Å²) in [6.07, 6.45) is 0.863. The maximum Gasteiger partial charge on any atom is 0.217 e. The Hall–Kier alpha value is -1.09. The van der Waals surface area contributed by atoms with Crippen LogP contribution in [-0.2, 0) is 11.2 Å². The fourth-order valence-electron chi connectivity index (χ4n) is 0.932. The van der Waals surface area contributed by atoms with Crippen molar-refractivity contribution in [1.82, 2.24) is 4.98 Å². The second kappa shape index (κ2) is 4.23. The van der Waals surface area contributed by atoms with Gasteiger partial charge in [-0.3, -0.25) is 4.79 Å². The van der Waals surface area contributed by atoms with Gasteiger partial charge < -0.3 is 5.73 Å². The lowest BCUT2D eigenvalue weighted by Crippen LogP contribution is -2.11. The fourth-order valence-corrected chi connectivity index (χ4v) is 1.10. The molecule has 0 atom stereocenters. The van der Waals surface area contributed by atoms with Crippen LogP contribution in [0.3, 0.4) is 0 Å². The lowest BCUT2D eigenvalue weighted by molar-refractivity contribution is -0.118. The molecule has 1 heterocycles. The monoisotopic (exact) mass is 198 g/mol. The Kier molecular flexibility index (Phi) is 3.25. The number of hydrogen-bond acceptors (Lipinski definition) is 2. The van der Waals surface area contributed by atoms with Crippen molar-refractivity contribution in [2.45, 2.75) is 19.8 Å². The maximum atomic E-state index is 10.5. The number of nitrogens with two attached hydrogens (primary N) is 1. The standard InChI is InChI=1S/C9H11ClN2O/c1-6-2-3-7(12-9(6)10)4-5-8(11)13/h2-3H,4-5H2,1H3,(H2,11,13). The van der Waals surface area contributed by atoms with Crippen LogP contribution < -0.4 is 5.73 Å². The summed E-state index contributed by atoms with van der Waals surface area (Å²) >= 11 is 5.80. The Morgan fingerprint density at radius 2 is 2.31 bits per heavy atom. The van der Waals surface area contributed by atoms with Crippen molar-refractivity contribution in [2.75, 3.05) is 0 Å². The first kappa shape index (κ1) is 9.99. The topological polar surface area (TPSA) is 56.0 Å². The van der Waals surface area contributed by atoms with E-state index in [2.05, 4.69) is 4.98 Å². The second-order valence-electron chi connectivity index (χ2n) is 2.88. The number of hydrogen-bond donors (Lipinski definition) is 1. The predicted molar refractivity (Wildman–Crippen MR) is 51.5 cm³/mol. The minimum atomic E-state index is -0.321. The van der Waals surface area contributed by atoms with Crippen molar-refractivity contribution in [3.8, 4) is 0 Å². The molecule has 0 bridgehead atoms. The van der Waals surface area contributed by atoms with Crippen LogP contribution >= 0.6 is 11.6 Å². The minimum Gasteiger partial charge on any atom is -0.370 e. The van der Waals surface area contributed by atoms with E-state index in [1.165, 1.54) is 0 Å². The molecule has 0 aliphatic heterocycles. The largest absolute Gasteiger partial charge is 0.370 e. The van der Waals surface area contributed by atoms with Gasteiger partial charge in [-0.1, -0.05) is 17.7 Å². The van der Waals surface area contributed by atoms with E-state index >= 15 is 0 Å². The van der Waals surface area contributed by atoms with Gasteiger partial charge in [0.15, 0.2) is 0 Å². The number of halogens is 1. The average Bonchev–Trinajstić information content (AvgIpc) is 2.07. The Bertz CT molecular complexity index is 325. The minimum absolute atomic E-state index is 0.312. The average molecular weight is 199 g/mol. The van der Waals surface area contributed by atoms with Gasteiger partial charge in [0.2, 0.25) is 5.91 Å². The van der Waals surface area contributed by atoms with Gasteiger partial charge in [-0.25, -0.2) is 4.98 Å². The number of nitrogens with zero attached hydrogens (tertiary/aromatic N) is 1. The lowest BCUT2D eigenvalue weighted by Gasteiger charge is -2.00. The molecule has 0 saturated heterocycles. The van der Waals surface area contributed by atoms with Crippen LogP contribution in [0.2, 0.25) is 5.15 Å². The molecule has 1 rings (SSSR count). The Morgan fingerprint density at radius 1 is 1.62 bits per heavy atom. The third kappa shape index (κ3) is 3.03. The molecule has 0 aliphatic rings. The van der Waals surface area contributed by atoms with Crippen LogP contribution in [-0.4, -0.2) is 10.9 Å². The van der Waals surface area contributed by atoms with Gasteiger partial charge in [-0.05, 0) is 25.0 Å². The van der Waals surface area contributed by atoms with E-state index in [-0.39, 0.29) is 5.91 Å². The third-order valence-corrected chi connectivity index (χ3v) is 2.10. The summed E-state index contributed by atoms with van der Waals surface area (Å²) in [5, 5.41) is 0.488. The van der Waals surface area contributed by atoms with Crippen LogP contribution in [0.1, 0.15) is 17.7 Å². The summed E-state index contributed by atoms with van der Waals surface area (Å²) in [4.78, 5) is 14.6. The summed E-state index contributed by atoms with van der Waals surface area (Å²) in [5.41, 5.74) is 6.74. The predicted octanol–water partition coefficient (Wildman–Crippen LogP) is 1.46. The summed E-state index contributed by atoms with van der Waals surface area (Å²) in [6, 6.07) is 3.73. The first-order chi connectivity index (χ1) is 6.09. The molecule has 0 radical (unpaired) electrons. The van der Waals surface area contributed by atoms with E-state index in [0.29, 0.717) is 18.0 Å². The second-order valence-corrected chi connectivity index (χ2v) is 3.23. The van der Waals surface area contributed by atoms with Crippen molar-refractivity contribution >= 4 is 17.5 Å². The molecule has 0 aromatic carbocycles. The number of carbonyl (C=O) groups is 1. The number of aryl methyl sites for hydroxylation is 2. The summed E-state index contributed by atoms with van der Waals surface area (Å²) in [7, 11) is 0. The molecule has 1 aromatic rings. The van der Waals surface area contributed by atoms with E-state index < -0.39 is 0 Å². The molecular formula is C9H11ClN2O. The molecule has 0 unspecified atom stereocenters. The molecule has 3 nitrogen and oxygen atoms in total. The van der Waals surface area contributed by atoms with E-state index in [4.69, 9.17) is 17.3 Å². The summed E-state index contributed by atoms with van der Waals surface area (Å²) in [5.74, 6) is -0.321. The molecule has 2 N–H and O–H groups in total. The van der Waals surface area contributed by atoms with E-state index in [0.717, 1.165) is 11.3 Å².